The largest absolute Gasteiger partial charge is 0.507 e. The molecule has 1 N–H and O–H groups in total. The number of Topliss-reactive ketones (excluding diaryl/α,β-unsaturated/α-hetero) is 1. The van der Waals surface area contributed by atoms with Crippen LogP contribution in [0.4, 0.5) is 5.69 Å². The molecule has 2 amide bonds. The second-order valence-corrected chi connectivity index (χ2v) is 11.5. The van der Waals surface area contributed by atoms with E-state index in [2.05, 4.69) is 0 Å². The van der Waals surface area contributed by atoms with Crippen LogP contribution in [0.15, 0.2) is 95.1 Å². The number of hydrogen-bond donors (Lipinski definition) is 1. The van der Waals surface area contributed by atoms with Crippen LogP contribution in [0.5, 0.6) is 5.75 Å². The molecule has 0 radical (unpaired) electrons. The van der Waals surface area contributed by atoms with Crippen molar-refractivity contribution in [3.05, 3.63) is 106 Å². The van der Waals surface area contributed by atoms with Gasteiger partial charge in [0.2, 0.25) is 11.8 Å². The van der Waals surface area contributed by atoms with E-state index in [0.29, 0.717) is 39.8 Å². The molecule has 1 fully saturated rings. The predicted molar refractivity (Wildman–Crippen MR) is 155 cm³/mol. The van der Waals surface area contributed by atoms with Crippen molar-refractivity contribution in [2.24, 2.45) is 17.8 Å². The molecule has 41 heavy (non-hydrogen) atoms. The normalized spacial score (nSPS) is 25.7. The Balaban J connectivity index is 1.38. The minimum atomic E-state index is -0.684. The van der Waals surface area contributed by atoms with Gasteiger partial charge in [-0.25, -0.2) is 0 Å². The first-order valence-corrected chi connectivity index (χ1v) is 14.2. The van der Waals surface area contributed by atoms with Gasteiger partial charge in [0.25, 0.3) is 0 Å². The van der Waals surface area contributed by atoms with Crippen LogP contribution < -0.4 is 4.90 Å². The number of aromatic hydroxyl groups is 1. The Bertz CT molecular complexity index is 1790. The number of benzene rings is 3. The molecular weight excluding hydrogens is 514 g/mol. The molecule has 6 nitrogen and oxygen atoms in total. The van der Waals surface area contributed by atoms with Crippen LogP contribution in [-0.2, 0) is 25.6 Å². The molecular formula is C35H29NO5. The number of amides is 2. The lowest BCUT2D eigenvalue weighted by Gasteiger charge is -2.42. The third-order valence-electron chi connectivity index (χ3n) is 9.41. The smallest absolute Gasteiger partial charge is 0.238 e. The topological polar surface area (TPSA) is 91.8 Å². The fourth-order valence-corrected chi connectivity index (χ4v) is 7.38. The zero-order chi connectivity index (χ0) is 28.6. The minimum Gasteiger partial charge on any atom is -0.507 e. The number of aryl methyl sites for hydroxylation is 1. The first-order chi connectivity index (χ1) is 19.8. The number of rotatable bonds is 3. The third-order valence-corrected chi connectivity index (χ3v) is 9.41. The van der Waals surface area contributed by atoms with E-state index in [-0.39, 0.29) is 35.6 Å². The number of phenols is 1. The first kappa shape index (κ1) is 25.4. The molecule has 0 spiro atoms. The molecule has 1 saturated heterocycles. The maximum Gasteiger partial charge on any atom is 0.238 e. The number of phenolic OH excluding ortho intramolecular Hbond substituents is 1. The third kappa shape index (κ3) is 3.63. The Hall–Kier alpha value is -4.58. The molecule has 4 unspecified atom stereocenters. The Morgan fingerprint density at radius 1 is 0.902 bits per heavy atom. The van der Waals surface area contributed by atoms with E-state index >= 15 is 0 Å². The van der Waals surface area contributed by atoms with Crippen LogP contribution in [0, 0.1) is 17.8 Å². The molecule has 3 aromatic rings. The molecule has 0 bridgehead atoms. The van der Waals surface area contributed by atoms with E-state index in [9.17, 15) is 24.3 Å². The van der Waals surface area contributed by atoms with Crippen molar-refractivity contribution in [1.29, 1.82) is 0 Å². The summed E-state index contributed by atoms with van der Waals surface area (Å²) < 4.78 is 0. The fourth-order valence-electron chi connectivity index (χ4n) is 7.38. The van der Waals surface area contributed by atoms with Gasteiger partial charge in [-0.15, -0.1) is 0 Å². The van der Waals surface area contributed by atoms with E-state index in [1.807, 2.05) is 73.7 Å². The van der Waals surface area contributed by atoms with E-state index in [4.69, 9.17) is 0 Å². The quantitative estimate of drug-likeness (QED) is 0.258. The van der Waals surface area contributed by atoms with Gasteiger partial charge in [0, 0.05) is 33.6 Å². The summed E-state index contributed by atoms with van der Waals surface area (Å²) in [5, 5.41) is 13.0. The number of imide groups is 1. The molecule has 204 valence electrons. The van der Waals surface area contributed by atoms with Crippen LogP contribution in [0.3, 0.4) is 0 Å². The molecule has 0 saturated carbocycles. The standard InChI is InChI=1S/C35H29NO5/c1-3-19-8-11-21(12-9-19)36-34(40)25-15-14-23-26(30(25)35(36)41)17-27-31(28(37)16-18(2)32(27)38)29(23)24-13-10-20-6-4-5-7-22(20)33(24)39/h4-14,16,25-26,29-30,39H,3,15,17H2,1-2H3. The summed E-state index contributed by atoms with van der Waals surface area (Å²) in [6.07, 6.45) is 4.78. The zero-order valence-electron chi connectivity index (χ0n) is 22.9. The van der Waals surface area contributed by atoms with Crippen LogP contribution >= 0.6 is 0 Å². The highest BCUT2D eigenvalue weighted by Crippen LogP contribution is 2.56. The Morgan fingerprint density at radius 3 is 2.41 bits per heavy atom. The van der Waals surface area contributed by atoms with Crippen LogP contribution in [0.1, 0.15) is 43.7 Å². The SMILES string of the molecule is CCc1ccc(N2C(=O)C3CC=C4C(c5ccc6ccccc6c5O)C5=C(CC4C3C2=O)C(=O)C(C)=CC5=O)cc1. The van der Waals surface area contributed by atoms with Gasteiger partial charge in [0.05, 0.1) is 17.5 Å². The number of nitrogens with zero attached hydrogens (tertiary/aromatic N) is 1. The van der Waals surface area contributed by atoms with Gasteiger partial charge in [-0.2, -0.15) is 0 Å². The molecule has 7 rings (SSSR count). The number of hydrogen-bond acceptors (Lipinski definition) is 5. The minimum absolute atomic E-state index is 0.0570. The van der Waals surface area contributed by atoms with E-state index in [1.165, 1.54) is 11.0 Å². The van der Waals surface area contributed by atoms with Gasteiger partial charge < -0.3 is 5.11 Å². The van der Waals surface area contributed by atoms with Gasteiger partial charge in [0.15, 0.2) is 11.6 Å². The lowest BCUT2D eigenvalue weighted by Crippen LogP contribution is -2.39. The maximum atomic E-state index is 14.1. The van der Waals surface area contributed by atoms with Crippen molar-refractivity contribution in [2.75, 3.05) is 4.90 Å². The Morgan fingerprint density at radius 2 is 1.66 bits per heavy atom. The molecule has 1 heterocycles. The summed E-state index contributed by atoms with van der Waals surface area (Å²) in [7, 11) is 0. The van der Waals surface area contributed by atoms with Crippen molar-refractivity contribution in [3.63, 3.8) is 0 Å². The van der Waals surface area contributed by atoms with Crippen molar-refractivity contribution < 1.29 is 24.3 Å². The zero-order valence-corrected chi connectivity index (χ0v) is 22.9. The summed E-state index contributed by atoms with van der Waals surface area (Å²) in [4.78, 5) is 56.1. The molecule has 4 aliphatic rings. The molecule has 3 aliphatic carbocycles. The van der Waals surface area contributed by atoms with Crippen molar-refractivity contribution in [3.8, 4) is 5.75 Å². The number of ketones is 2. The van der Waals surface area contributed by atoms with Crippen molar-refractivity contribution >= 4 is 39.8 Å². The summed E-state index contributed by atoms with van der Waals surface area (Å²) >= 11 is 0. The van der Waals surface area contributed by atoms with Crippen molar-refractivity contribution in [2.45, 2.75) is 39.0 Å². The molecule has 1 aliphatic heterocycles. The summed E-state index contributed by atoms with van der Waals surface area (Å²) in [6.45, 7) is 3.68. The number of allylic oxidation sites excluding steroid dienone is 6. The number of anilines is 1. The fraction of sp³-hybridized carbons (Fsp3) is 0.257. The second-order valence-electron chi connectivity index (χ2n) is 11.5. The highest BCUT2D eigenvalue weighted by molar-refractivity contribution is 6.25. The van der Waals surface area contributed by atoms with Gasteiger partial charge in [-0.3, -0.25) is 24.1 Å². The number of carbonyl (C=O) groups excluding carboxylic acids is 4. The van der Waals surface area contributed by atoms with E-state index < -0.39 is 23.7 Å². The summed E-state index contributed by atoms with van der Waals surface area (Å²) in [5.74, 6) is -3.22. The highest BCUT2D eigenvalue weighted by atomic mass is 16.3. The lowest BCUT2D eigenvalue weighted by atomic mass is 9.59. The average molecular weight is 544 g/mol. The number of carbonyl (C=O) groups is 4. The molecule has 3 aromatic carbocycles. The average Bonchev–Trinajstić information content (AvgIpc) is 3.25. The molecule has 6 heteroatoms. The van der Waals surface area contributed by atoms with Gasteiger partial charge in [0.1, 0.15) is 5.75 Å². The summed E-state index contributed by atoms with van der Waals surface area (Å²) in [5.41, 5.74) is 4.15. The summed E-state index contributed by atoms with van der Waals surface area (Å²) in [6, 6.07) is 18.7. The highest BCUT2D eigenvalue weighted by Gasteiger charge is 2.56. The molecule has 0 aromatic heterocycles. The van der Waals surface area contributed by atoms with Crippen molar-refractivity contribution in [1.82, 2.24) is 0 Å². The van der Waals surface area contributed by atoms with E-state index in [1.54, 1.807) is 6.92 Å². The first-order valence-electron chi connectivity index (χ1n) is 14.2. The lowest BCUT2D eigenvalue weighted by molar-refractivity contribution is -0.123. The Kier molecular flexibility index (Phi) is 5.72. The van der Waals surface area contributed by atoms with Crippen LogP contribution in [-0.4, -0.2) is 28.5 Å². The van der Waals surface area contributed by atoms with Gasteiger partial charge >= 0.3 is 0 Å². The van der Waals surface area contributed by atoms with Crippen LogP contribution in [0.2, 0.25) is 0 Å². The van der Waals surface area contributed by atoms with Gasteiger partial charge in [-0.05, 0) is 61.3 Å². The van der Waals surface area contributed by atoms with E-state index in [0.717, 1.165) is 22.9 Å². The Labute approximate surface area is 237 Å². The number of fused-ring (bicyclic) bond motifs is 4. The predicted octanol–water partition coefficient (Wildman–Crippen LogP) is 5.74. The van der Waals surface area contributed by atoms with Gasteiger partial charge in [-0.1, -0.05) is 67.1 Å². The second kappa shape index (κ2) is 9.23. The monoisotopic (exact) mass is 543 g/mol. The maximum absolute atomic E-state index is 14.1. The molecule has 4 atom stereocenters. The van der Waals surface area contributed by atoms with Crippen LogP contribution in [0.25, 0.3) is 10.8 Å².